The molecule has 0 saturated heterocycles. The fraction of sp³-hybridized carbons (Fsp3) is 0.375. The van der Waals surface area contributed by atoms with E-state index in [0.717, 1.165) is 45.5 Å². The molecule has 1 aliphatic rings. The van der Waals surface area contributed by atoms with Crippen molar-refractivity contribution >= 4 is 39.8 Å². The van der Waals surface area contributed by atoms with Crippen LogP contribution in [0.4, 0.5) is 0 Å². The fourth-order valence-corrected chi connectivity index (χ4v) is 4.21. The number of nitrogens with one attached hydrogen (secondary N) is 1. The van der Waals surface area contributed by atoms with Gasteiger partial charge in [0.05, 0.1) is 5.54 Å². The second-order valence-corrected chi connectivity index (χ2v) is 7.65. The molecular weight excluding hydrogens is 395 g/mol. The first-order valence-electron chi connectivity index (χ1n) is 7.10. The van der Waals surface area contributed by atoms with Gasteiger partial charge in [-0.3, -0.25) is 4.79 Å². The lowest BCUT2D eigenvalue weighted by molar-refractivity contribution is 0.0898. The van der Waals surface area contributed by atoms with E-state index in [1.165, 1.54) is 0 Å². The molecule has 1 aromatic heterocycles. The molecule has 0 spiro atoms. The molecule has 1 saturated carbocycles. The monoisotopic (exact) mass is 412 g/mol. The van der Waals surface area contributed by atoms with Gasteiger partial charge in [0, 0.05) is 20.2 Å². The number of halogens is 1. The van der Waals surface area contributed by atoms with Crippen LogP contribution in [0.3, 0.4) is 0 Å². The van der Waals surface area contributed by atoms with Crippen molar-refractivity contribution in [3.8, 4) is 0 Å². The van der Waals surface area contributed by atoms with Crippen molar-refractivity contribution in [3.63, 3.8) is 0 Å². The Labute approximate surface area is 142 Å². The summed E-state index contributed by atoms with van der Waals surface area (Å²) in [6, 6.07) is 7.69. The van der Waals surface area contributed by atoms with E-state index in [1.54, 1.807) is 11.3 Å². The molecule has 5 heteroatoms. The third-order valence-corrected chi connectivity index (χ3v) is 5.83. The lowest BCUT2D eigenvalue weighted by atomic mass is 9.97. The first kappa shape index (κ1) is 15.0. The van der Waals surface area contributed by atoms with Gasteiger partial charge >= 0.3 is 0 Å². The van der Waals surface area contributed by atoms with Crippen LogP contribution in [0.1, 0.15) is 46.7 Å². The van der Waals surface area contributed by atoms with Crippen LogP contribution < -0.4 is 5.32 Å². The van der Waals surface area contributed by atoms with Crippen LogP contribution in [0.15, 0.2) is 29.6 Å². The molecule has 0 atom stereocenters. The molecular formula is C16H17IN2OS. The van der Waals surface area contributed by atoms with Crippen molar-refractivity contribution in [3.05, 3.63) is 49.5 Å². The summed E-state index contributed by atoms with van der Waals surface area (Å²) >= 11 is 3.90. The van der Waals surface area contributed by atoms with E-state index >= 15 is 0 Å². The number of aromatic nitrogens is 1. The summed E-state index contributed by atoms with van der Waals surface area (Å²) < 4.78 is 1.13. The zero-order valence-electron chi connectivity index (χ0n) is 11.9. The van der Waals surface area contributed by atoms with Gasteiger partial charge in [-0.05, 0) is 66.6 Å². The largest absolute Gasteiger partial charge is 0.340 e. The van der Waals surface area contributed by atoms with E-state index < -0.39 is 0 Å². The Morgan fingerprint density at radius 3 is 2.52 bits per heavy atom. The molecule has 3 rings (SSSR count). The van der Waals surface area contributed by atoms with E-state index in [1.807, 2.05) is 31.2 Å². The summed E-state index contributed by atoms with van der Waals surface area (Å²) in [5, 5.41) is 6.38. The Morgan fingerprint density at radius 2 is 1.95 bits per heavy atom. The molecule has 1 aliphatic carbocycles. The SMILES string of the molecule is Cc1csc(C2(NC(=O)c3ccc(I)cc3)CCCC2)n1. The molecule has 1 fully saturated rings. The Bertz CT molecular complexity index is 645. The number of rotatable bonds is 3. The smallest absolute Gasteiger partial charge is 0.252 e. The number of carbonyl (C=O) groups excluding carboxylic acids is 1. The number of benzene rings is 1. The van der Waals surface area contributed by atoms with E-state index in [0.29, 0.717) is 0 Å². The minimum absolute atomic E-state index is 0.00107. The Hall–Kier alpha value is -0.950. The molecule has 2 aromatic rings. The number of carbonyl (C=O) groups is 1. The molecule has 3 nitrogen and oxygen atoms in total. The normalized spacial score (nSPS) is 16.9. The van der Waals surface area contributed by atoms with Gasteiger partial charge in [0.25, 0.3) is 5.91 Å². The number of hydrogen-bond donors (Lipinski definition) is 1. The van der Waals surface area contributed by atoms with Crippen molar-refractivity contribution in [1.29, 1.82) is 0 Å². The molecule has 0 bridgehead atoms. The van der Waals surface area contributed by atoms with Crippen LogP contribution in [-0.4, -0.2) is 10.9 Å². The summed E-state index contributed by atoms with van der Waals surface area (Å²) in [6.07, 6.45) is 4.25. The summed E-state index contributed by atoms with van der Waals surface area (Å²) in [5.41, 5.74) is 1.48. The van der Waals surface area contributed by atoms with E-state index in [-0.39, 0.29) is 11.4 Å². The Kier molecular flexibility index (Phi) is 4.31. The van der Waals surface area contributed by atoms with E-state index in [4.69, 9.17) is 0 Å². The average Bonchev–Trinajstić information content (AvgIpc) is 3.09. The topological polar surface area (TPSA) is 42.0 Å². The summed E-state index contributed by atoms with van der Waals surface area (Å²) in [4.78, 5) is 17.2. The van der Waals surface area contributed by atoms with Crippen LogP contribution in [-0.2, 0) is 5.54 Å². The first-order chi connectivity index (χ1) is 10.1. The standard InChI is InChI=1S/C16H17IN2OS/c1-11-10-21-15(18-11)16(8-2-3-9-16)19-14(20)12-4-6-13(17)7-5-12/h4-7,10H,2-3,8-9H2,1H3,(H,19,20). The first-order valence-corrected chi connectivity index (χ1v) is 9.06. The maximum Gasteiger partial charge on any atom is 0.252 e. The number of nitrogens with zero attached hydrogens (tertiary/aromatic N) is 1. The third kappa shape index (κ3) is 3.13. The van der Waals surface area contributed by atoms with Crippen molar-refractivity contribution < 1.29 is 4.79 Å². The molecule has 1 N–H and O–H groups in total. The third-order valence-electron chi connectivity index (χ3n) is 3.94. The predicted molar refractivity (Wildman–Crippen MR) is 93.6 cm³/mol. The highest BCUT2D eigenvalue weighted by Crippen LogP contribution is 2.40. The van der Waals surface area contributed by atoms with Gasteiger partial charge in [0.1, 0.15) is 5.01 Å². The van der Waals surface area contributed by atoms with Crippen molar-refractivity contribution in [2.24, 2.45) is 0 Å². The maximum absolute atomic E-state index is 12.6. The van der Waals surface area contributed by atoms with E-state index in [2.05, 4.69) is 38.3 Å². The van der Waals surface area contributed by atoms with Crippen LogP contribution in [0.5, 0.6) is 0 Å². The minimum Gasteiger partial charge on any atom is -0.340 e. The molecule has 1 amide bonds. The van der Waals surface area contributed by atoms with Gasteiger partial charge < -0.3 is 5.32 Å². The molecule has 0 aliphatic heterocycles. The van der Waals surface area contributed by atoms with Gasteiger partial charge in [-0.2, -0.15) is 0 Å². The highest BCUT2D eigenvalue weighted by atomic mass is 127. The van der Waals surface area contributed by atoms with Gasteiger partial charge in [-0.1, -0.05) is 12.8 Å². The molecule has 21 heavy (non-hydrogen) atoms. The van der Waals surface area contributed by atoms with Crippen LogP contribution in [0.2, 0.25) is 0 Å². The lowest BCUT2D eigenvalue weighted by Gasteiger charge is -2.28. The summed E-state index contributed by atoms with van der Waals surface area (Å²) in [6.45, 7) is 2.00. The lowest BCUT2D eigenvalue weighted by Crippen LogP contribution is -2.43. The molecule has 110 valence electrons. The van der Waals surface area contributed by atoms with Crippen molar-refractivity contribution in [1.82, 2.24) is 10.3 Å². The Balaban J connectivity index is 1.85. The molecule has 0 radical (unpaired) electrons. The van der Waals surface area contributed by atoms with Gasteiger partial charge in [0.2, 0.25) is 0 Å². The summed E-state index contributed by atoms with van der Waals surface area (Å²) in [5.74, 6) is 0.00107. The predicted octanol–water partition coefficient (Wildman–Crippen LogP) is 4.26. The number of thiazole rings is 1. The minimum atomic E-state index is -0.265. The van der Waals surface area contributed by atoms with Gasteiger partial charge in [0.15, 0.2) is 0 Å². The van der Waals surface area contributed by atoms with Crippen molar-refractivity contribution in [2.45, 2.75) is 38.1 Å². The molecule has 1 aromatic carbocycles. The molecule has 1 heterocycles. The van der Waals surface area contributed by atoms with Gasteiger partial charge in [-0.15, -0.1) is 11.3 Å². The number of aryl methyl sites for hydroxylation is 1. The quantitative estimate of drug-likeness (QED) is 0.766. The molecule has 0 unspecified atom stereocenters. The zero-order valence-corrected chi connectivity index (χ0v) is 14.8. The number of amides is 1. The van der Waals surface area contributed by atoms with Crippen LogP contribution in [0.25, 0.3) is 0 Å². The van der Waals surface area contributed by atoms with Crippen LogP contribution in [0, 0.1) is 10.5 Å². The maximum atomic E-state index is 12.6. The number of hydrogen-bond acceptors (Lipinski definition) is 3. The highest BCUT2D eigenvalue weighted by molar-refractivity contribution is 14.1. The average molecular weight is 412 g/mol. The second-order valence-electron chi connectivity index (χ2n) is 5.54. The van der Waals surface area contributed by atoms with Crippen molar-refractivity contribution in [2.75, 3.05) is 0 Å². The highest BCUT2D eigenvalue weighted by Gasteiger charge is 2.39. The summed E-state index contributed by atoms with van der Waals surface area (Å²) in [7, 11) is 0. The Morgan fingerprint density at radius 1 is 1.29 bits per heavy atom. The zero-order chi connectivity index (χ0) is 14.9. The second kappa shape index (κ2) is 6.04. The van der Waals surface area contributed by atoms with Crippen LogP contribution >= 0.6 is 33.9 Å². The van der Waals surface area contributed by atoms with Gasteiger partial charge in [-0.25, -0.2) is 4.98 Å². The van der Waals surface area contributed by atoms with E-state index in [9.17, 15) is 4.79 Å². The fourth-order valence-electron chi connectivity index (χ4n) is 2.84.